The summed E-state index contributed by atoms with van der Waals surface area (Å²) in [5.41, 5.74) is 2.58. The lowest BCUT2D eigenvalue weighted by atomic mass is 9.87. The van der Waals surface area contributed by atoms with Gasteiger partial charge in [-0.05, 0) is 57.4 Å². The van der Waals surface area contributed by atoms with Crippen LogP contribution in [0.1, 0.15) is 43.9 Å². The van der Waals surface area contributed by atoms with Crippen molar-refractivity contribution in [2.75, 3.05) is 26.7 Å². The molecule has 1 aromatic rings. The number of hydrogen-bond donors (Lipinski definition) is 1. The van der Waals surface area contributed by atoms with Crippen molar-refractivity contribution in [3.63, 3.8) is 0 Å². The first kappa shape index (κ1) is 15.8. The fourth-order valence-electron chi connectivity index (χ4n) is 3.06. The summed E-state index contributed by atoms with van der Waals surface area (Å²) in [6.45, 7) is 5.57. The molecule has 1 unspecified atom stereocenters. The van der Waals surface area contributed by atoms with Gasteiger partial charge in [-0.15, -0.1) is 0 Å². The lowest BCUT2D eigenvalue weighted by Gasteiger charge is -2.27. The molecule has 4 heteroatoms. The minimum Gasteiger partial charge on any atom is -0.483 e. The van der Waals surface area contributed by atoms with Gasteiger partial charge in [-0.3, -0.25) is 4.79 Å². The molecular formula is C17H26N2O2. The Kier molecular flexibility index (Phi) is 5.62. The van der Waals surface area contributed by atoms with Gasteiger partial charge in [0.1, 0.15) is 5.75 Å². The highest BCUT2D eigenvalue weighted by Gasteiger charge is 2.22. The molecule has 1 aromatic carbocycles. The highest BCUT2D eigenvalue weighted by molar-refractivity contribution is 5.77. The Labute approximate surface area is 127 Å². The van der Waals surface area contributed by atoms with Crippen LogP contribution < -0.4 is 10.1 Å². The van der Waals surface area contributed by atoms with E-state index in [-0.39, 0.29) is 12.5 Å². The zero-order valence-corrected chi connectivity index (χ0v) is 13.3. The Morgan fingerprint density at radius 1 is 1.38 bits per heavy atom. The fourth-order valence-corrected chi connectivity index (χ4v) is 3.06. The Balaban J connectivity index is 2.09. The van der Waals surface area contributed by atoms with Gasteiger partial charge in [0.05, 0.1) is 0 Å². The van der Waals surface area contributed by atoms with Crippen LogP contribution in [-0.4, -0.2) is 37.6 Å². The summed E-state index contributed by atoms with van der Waals surface area (Å²) in [5.74, 6) is 0.923. The maximum atomic E-state index is 12.1. The highest BCUT2D eigenvalue weighted by atomic mass is 16.5. The number of rotatable bonds is 6. The molecule has 2 rings (SSSR count). The van der Waals surface area contributed by atoms with Crippen LogP contribution in [0.4, 0.5) is 0 Å². The maximum absolute atomic E-state index is 12.1. The number of amides is 1. The molecule has 116 valence electrons. The standard InChI is InChI=1S/C17H26N2O2/c1-4-19(5-2)17(20)12-21-16-11-7-8-13-14(16)9-6-10-15(13)18-3/h7-8,11,15,18H,4-6,9-10,12H2,1-3H3. The Bertz CT molecular complexity index is 484. The molecule has 21 heavy (non-hydrogen) atoms. The van der Waals surface area contributed by atoms with E-state index in [0.717, 1.165) is 38.1 Å². The highest BCUT2D eigenvalue weighted by Crippen LogP contribution is 2.35. The summed E-state index contributed by atoms with van der Waals surface area (Å²) in [5, 5.41) is 3.36. The molecule has 1 atom stereocenters. The van der Waals surface area contributed by atoms with Crippen LogP contribution in [0.2, 0.25) is 0 Å². The second kappa shape index (κ2) is 7.46. The Morgan fingerprint density at radius 2 is 2.14 bits per heavy atom. The van der Waals surface area contributed by atoms with Gasteiger partial charge in [-0.1, -0.05) is 12.1 Å². The van der Waals surface area contributed by atoms with E-state index in [4.69, 9.17) is 4.74 Å². The number of hydrogen-bond acceptors (Lipinski definition) is 3. The maximum Gasteiger partial charge on any atom is 0.260 e. The lowest BCUT2D eigenvalue weighted by Crippen LogP contribution is -2.34. The van der Waals surface area contributed by atoms with E-state index in [1.54, 1.807) is 4.90 Å². The van der Waals surface area contributed by atoms with Gasteiger partial charge in [-0.2, -0.15) is 0 Å². The normalized spacial score (nSPS) is 17.2. The third-order valence-corrected chi connectivity index (χ3v) is 4.28. The van der Waals surface area contributed by atoms with Gasteiger partial charge in [0.2, 0.25) is 0 Å². The zero-order valence-electron chi connectivity index (χ0n) is 13.3. The topological polar surface area (TPSA) is 41.6 Å². The van der Waals surface area contributed by atoms with E-state index in [1.807, 2.05) is 33.0 Å². The monoisotopic (exact) mass is 290 g/mol. The minimum absolute atomic E-state index is 0.0542. The van der Waals surface area contributed by atoms with E-state index in [0.29, 0.717) is 6.04 Å². The van der Waals surface area contributed by atoms with Crippen molar-refractivity contribution in [2.24, 2.45) is 0 Å². The van der Waals surface area contributed by atoms with Crippen molar-refractivity contribution in [1.82, 2.24) is 10.2 Å². The SMILES string of the molecule is CCN(CC)C(=O)COc1cccc2c1CCCC2NC. The van der Waals surface area contributed by atoms with Crippen LogP contribution in [0.15, 0.2) is 18.2 Å². The lowest BCUT2D eigenvalue weighted by molar-refractivity contribution is -0.132. The number of fused-ring (bicyclic) bond motifs is 1. The van der Waals surface area contributed by atoms with Crippen LogP contribution in [-0.2, 0) is 11.2 Å². The van der Waals surface area contributed by atoms with Crippen LogP contribution >= 0.6 is 0 Å². The van der Waals surface area contributed by atoms with Crippen LogP contribution in [0.5, 0.6) is 5.75 Å². The Morgan fingerprint density at radius 3 is 2.81 bits per heavy atom. The quantitative estimate of drug-likeness (QED) is 0.875. The molecule has 0 aromatic heterocycles. The number of nitrogens with zero attached hydrogens (tertiary/aromatic N) is 1. The first-order chi connectivity index (χ1) is 10.2. The molecule has 0 saturated carbocycles. The molecule has 0 aliphatic heterocycles. The second-order valence-electron chi connectivity index (χ2n) is 5.41. The van der Waals surface area contributed by atoms with Gasteiger partial charge in [-0.25, -0.2) is 0 Å². The largest absolute Gasteiger partial charge is 0.483 e. The zero-order chi connectivity index (χ0) is 15.2. The summed E-state index contributed by atoms with van der Waals surface area (Å²) in [7, 11) is 2.00. The van der Waals surface area contributed by atoms with Gasteiger partial charge in [0.15, 0.2) is 6.61 Å². The molecule has 0 saturated heterocycles. The molecule has 0 spiro atoms. The molecule has 1 aliphatic rings. The van der Waals surface area contributed by atoms with Crippen LogP contribution in [0.25, 0.3) is 0 Å². The van der Waals surface area contributed by atoms with E-state index >= 15 is 0 Å². The van der Waals surface area contributed by atoms with E-state index in [1.165, 1.54) is 11.1 Å². The third kappa shape index (κ3) is 3.56. The fraction of sp³-hybridized carbons (Fsp3) is 0.588. The number of benzene rings is 1. The van der Waals surface area contributed by atoms with Crippen molar-refractivity contribution in [3.8, 4) is 5.75 Å². The number of nitrogens with one attached hydrogen (secondary N) is 1. The molecule has 0 bridgehead atoms. The third-order valence-electron chi connectivity index (χ3n) is 4.28. The molecule has 0 radical (unpaired) electrons. The predicted octanol–water partition coefficient (Wildman–Crippen LogP) is 2.53. The van der Waals surface area contributed by atoms with Gasteiger partial charge in [0.25, 0.3) is 5.91 Å². The van der Waals surface area contributed by atoms with Crippen molar-refractivity contribution >= 4 is 5.91 Å². The molecule has 1 N–H and O–H groups in total. The molecule has 0 fully saturated rings. The predicted molar refractivity (Wildman–Crippen MR) is 84.6 cm³/mol. The van der Waals surface area contributed by atoms with Gasteiger partial charge < -0.3 is 15.0 Å². The number of carbonyl (C=O) groups is 1. The average Bonchev–Trinajstić information content (AvgIpc) is 2.53. The van der Waals surface area contributed by atoms with Crippen molar-refractivity contribution < 1.29 is 9.53 Å². The molecule has 1 aliphatic carbocycles. The summed E-state index contributed by atoms with van der Waals surface area (Å²) in [6.07, 6.45) is 3.34. The molecule has 4 nitrogen and oxygen atoms in total. The van der Waals surface area contributed by atoms with Gasteiger partial charge >= 0.3 is 0 Å². The summed E-state index contributed by atoms with van der Waals surface area (Å²) in [6, 6.07) is 6.56. The van der Waals surface area contributed by atoms with E-state index < -0.39 is 0 Å². The number of ether oxygens (including phenoxy) is 1. The van der Waals surface area contributed by atoms with E-state index in [2.05, 4.69) is 11.4 Å². The summed E-state index contributed by atoms with van der Waals surface area (Å²) < 4.78 is 5.82. The molecule has 1 amide bonds. The molecule has 0 heterocycles. The Hall–Kier alpha value is -1.55. The smallest absolute Gasteiger partial charge is 0.260 e. The second-order valence-corrected chi connectivity index (χ2v) is 5.41. The molecular weight excluding hydrogens is 264 g/mol. The van der Waals surface area contributed by atoms with Crippen LogP contribution in [0.3, 0.4) is 0 Å². The van der Waals surface area contributed by atoms with E-state index in [9.17, 15) is 4.79 Å². The summed E-state index contributed by atoms with van der Waals surface area (Å²) in [4.78, 5) is 13.9. The first-order valence-corrected chi connectivity index (χ1v) is 7.90. The van der Waals surface area contributed by atoms with Crippen LogP contribution in [0, 0.1) is 0 Å². The number of carbonyl (C=O) groups excluding carboxylic acids is 1. The van der Waals surface area contributed by atoms with Crippen molar-refractivity contribution in [3.05, 3.63) is 29.3 Å². The number of likely N-dealkylation sites (N-methyl/N-ethyl adjacent to an activating group) is 1. The van der Waals surface area contributed by atoms with Crippen molar-refractivity contribution in [1.29, 1.82) is 0 Å². The first-order valence-electron chi connectivity index (χ1n) is 7.90. The van der Waals surface area contributed by atoms with Gasteiger partial charge in [0, 0.05) is 19.1 Å². The average molecular weight is 290 g/mol. The minimum atomic E-state index is 0.0542. The van der Waals surface area contributed by atoms with Crippen molar-refractivity contribution in [2.45, 2.75) is 39.2 Å². The summed E-state index contributed by atoms with van der Waals surface area (Å²) >= 11 is 0.